The lowest BCUT2D eigenvalue weighted by atomic mass is 10.0. The zero-order valence-electron chi connectivity index (χ0n) is 12.4. The molecule has 1 saturated heterocycles. The van der Waals surface area contributed by atoms with Gasteiger partial charge in [0.2, 0.25) is 5.91 Å². The molecule has 2 rings (SSSR count). The predicted molar refractivity (Wildman–Crippen MR) is 80.3 cm³/mol. The molecule has 2 heterocycles. The number of nitrogens with one attached hydrogen (secondary N) is 2. The van der Waals surface area contributed by atoms with Gasteiger partial charge in [0.25, 0.3) is 5.91 Å². The molecule has 7 nitrogen and oxygen atoms in total. The van der Waals surface area contributed by atoms with Gasteiger partial charge in [-0.1, -0.05) is 11.4 Å². The van der Waals surface area contributed by atoms with E-state index < -0.39 is 0 Å². The molecule has 21 heavy (non-hydrogen) atoms. The van der Waals surface area contributed by atoms with Crippen molar-refractivity contribution in [3.05, 3.63) is 10.6 Å². The summed E-state index contributed by atoms with van der Waals surface area (Å²) in [5, 5.41) is 9.63. The van der Waals surface area contributed by atoms with E-state index in [2.05, 4.69) is 25.1 Å². The predicted octanol–water partition coefficient (Wildman–Crippen LogP) is 0.0407. The Hall–Kier alpha value is -1.54. The Morgan fingerprint density at radius 1 is 1.38 bits per heavy atom. The van der Waals surface area contributed by atoms with Gasteiger partial charge >= 0.3 is 0 Å². The fourth-order valence-electron chi connectivity index (χ4n) is 2.38. The van der Waals surface area contributed by atoms with E-state index in [1.165, 1.54) is 0 Å². The van der Waals surface area contributed by atoms with Crippen LogP contribution < -0.4 is 10.6 Å². The molecule has 1 aromatic heterocycles. The normalized spacial score (nSPS) is 16.7. The number of nitrogens with zero attached hydrogens (tertiary/aromatic N) is 3. The first kappa shape index (κ1) is 15.8. The molecule has 116 valence electrons. The van der Waals surface area contributed by atoms with Gasteiger partial charge in [0.15, 0.2) is 0 Å². The highest BCUT2D eigenvalue weighted by atomic mass is 32.1. The number of hydrogen-bond acceptors (Lipinski definition) is 6. The zero-order valence-corrected chi connectivity index (χ0v) is 13.2. The number of likely N-dealkylation sites (N-methyl/N-ethyl adjacent to an activating group) is 1. The van der Waals surface area contributed by atoms with Crippen LogP contribution in [0.1, 0.15) is 35.1 Å². The van der Waals surface area contributed by atoms with Gasteiger partial charge in [-0.25, -0.2) is 0 Å². The quantitative estimate of drug-likeness (QED) is 0.802. The highest BCUT2D eigenvalue weighted by Gasteiger charge is 2.24. The molecule has 1 aliphatic heterocycles. The summed E-state index contributed by atoms with van der Waals surface area (Å²) in [6.45, 7) is 4.03. The Balaban J connectivity index is 1.81. The molecule has 0 bridgehead atoms. The van der Waals surface area contributed by atoms with E-state index >= 15 is 0 Å². The van der Waals surface area contributed by atoms with Gasteiger partial charge in [-0.3, -0.25) is 14.5 Å². The minimum Gasteiger partial charge on any atom is -0.358 e. The van der Waals surface area contributed by atoms with Gasteiger partial charge in [-0.15, -0.1) is 5.10 Å². The fourth-order valence-corrected chi connectivity index (χ4v) is 3.03. The van der Waals surface area contributed by atoms with Crippen LogP contribution in [-0.4, -0.2) is 59.0 Å². The summed E-state index contributed by atoms with van der Waals surface area (Å²) in [5.41, 5.74) is 0.759. The maximum atomic E-state index is 12.2. The third kappa shape index (κ3) is 4.21. The van der Waals surface area contributed by atoms with Crippen LogP contribution in [0.5, 0.6) is 0 Å². The van der Waals surface area contributed by atoms with Gasteiger partial charge in [0, 0.05) is 26.2 Å². The molecular formula is C13H21N5O2S. The minimum absolute atomic E-state index is 0.0285. The highest BCUT2D eigenvalue weighted by Crippen LogP contribution is 2.14. The van der Waals surface area contributed by atoms with Crippen LogP contribution in [0, 0.1) is 0 Å². The SMILES string of the molecule is CCc1nnsc1C(=O)NC1CCN(CC(=O)NC)CC1. The van der Waals surface area contributed by atoms with Crippen LogP contribution in [0.15, 0.2) is 0 Å². The molecule has 1 aromatic rings. The smallest absolute Gasteiger partial charge is 0.265 e. The minimum atomic E-state index is -0.0772. The maximum Gasteiger partial charge on any atom is 0.265 e. The second-order valence-corrected chi connectivity index (χ2v) is 5.85. The van der Waals surface area contributed by atoms with Crippen molar-refractivity contribution in [1.29, 1.82) is 0 Å². The zero-order chi connectivity index (χ0) is 15.2. The molecule has 8 heteroatoms. The highest BCUT2D eigenvalue weighted by molar-refractivity contribution is 7.08. The number of rotatable bonds is 5. The third-order valence-electron chi connectivity index (χ3n) is 3.67. The van der Waals surface area contributed by atoms with E-state index in [4.69, 9.17) is 0 Å². The van der Waals surface area contributed by atoms with Crippen molar-refractivity contribution in [3.8, 4) is 0 Å². The number of aromatic nitrogens is 2. The number of piperidine rings is 1. The Labute approximate surface area is 128 Å². The van der Waals surface area contributed by atoms with Crippen LogP contribution in [0.2, 0.25) is 0 Å². The molecule has 1 fully saturated rings. The lowest BCUT2D eigenvalue weighted by Gasteiger charge is -2.31. The van der Waals surface area contributed by atoms with E-state index in [9.17, 15) is 9.59 Å². The molecule has 1 aliphatic rings. The summed E-state index contributed by atoms with van der Waals surface area (Å²) < 4.78 is 3.84. The van der Waals surface area contributed by atoms with Crippen molar-refractivity contribution in [2.75, 3.05) is 26.7 Å². The molecule has 0 atom stereocenters. The molecule has 2 amide bonds. The largest absolute Gasteiger partial charge is 0.358 e. The van der Waals surface area contributed by atoms with Crippen LogP contribution in [0.25, 0.3) is 0 Å². The molecule has 0 aromatic carbocycles. The number of likely N-dealkylation sites (tertiary alicyclic amines) is 1. The summed E-state index contributed by atoms with van der Waals surface area (Å²) in [7, 11) is 1.64. The Bertz CT molecular complexity index is 497. The standard InChI is InChI=1S/C13H21N5O2S/c1-3-10-12(21-17-16-10)13(20)15-9-4-6-18(7-5-9)8-11(19)14-2/h9H,3-8H2,1-2H3,(H,14,19)(H,15,20). The summed E-state index contributed by atoms with van der Waals surface area (Å²) in [4.78, 5) is 26.3. The van der Waals surface area contributed by atoms with Crippen LogP contribution >= 0.6 is 11.5 Å². The number of aryl methyl sites for hydroxylation is 1. The van der Waals surface area contributed by atoms with Crippen LogP contribution in [0.4, 0.5) is 0 Å². The molecule has 0 aliphatic carbocycles. The van der Waals surface area contributed by atoms with E-state index in [1.807, 2.05) is 6.92 Å². The van der Waals surface area contributed by atoms with Gasteiger partial charge in [0.05, 0.1) is 12.2 Å². The summed E-state index contributed by atoms with van der Waals surface area (Å²) >= 11 is 1.15. The van der Waals surface area contributed by atoms with Gasteiger partial charge in [-0.2, -0.15) is 0 Å². The first-order chi connectivity index (χ1) is 10.1. The van der Waals surface area contributed by atoms with E-state index in [0.29, 0.717) is 17.8 Å². The summed E-state index contributed by atoms with van der Waals surface area (Å²) in [6, 6.07) is 0.158. The van der Waals surface area contributed by atoms with E-state index in [0.717, 1.165) is 43.2 Å². The van der Waals surface area contributed by atoms with Gasteiger partial charge in [-0.05, 0) is 30.8 Å². The first-order valence-corrected chi connectivity index (χ1v) is 7.96. The van der Waals surface area contributed by atoms with Crippen LogP contribution in [0.3, 0.4) is 0 Å². The molecule has 0 unspecified atom stereocenters. The molecular weight excluding hydrogens is 290 g/mol. The Kier molecular flexibility index (Phi) is 5.63. The average molecular weight is 311 g/mol. The fraction of sp³-hybridized carbons (Fsp3) is 0.692. The van der Waals surface area contributed by atoms with E-state index in [-0.39, 0.29) is 17.9 Å². The maximum absolute atomic E-state index is 12.2. The van der Waals surface area contributed by atoms with Crippen molar-refractivity contribution >= 4 is 23.3 Å². The lowest BCUT2D eigenvalue weighted by Crippen LogP contribution is -2.47. The molecule has 0 saturated carbocycles. The monoisotopic (exact) mass is 311 g/mol. The van der Waals surface area contributed by atoms with Crippen molar-refractivity contribution in [2.45, 2.75) is 32.2 Å². The Morgan fingerprint density at radius 3 is 2.71 bits per heavy atom. The number of carbonyl (C=O) groups excluding carboxylic acids is 2. The van der Waals surface area contributed by atoms with Crippen molar-refractivity contribution in [3.63, 3.8) is 0 Å². The third-order valence-corrected chi connectivity index (χ3v) is 4.43. The summed E-state index contributed by atoms with van der Waals surface area (Å²) in [6.07, 6.45) is 2.43. The van der Waals surface area contributed by atoms with E-state index in [1.54, 1.807) is 7.05 Å². The number of hydrogen-bond donors (Lipinski definition) is 2. The van der Waals surface area contributed by atoms with Gasteiger partial charge in [0.1, 0.15) is 4.88 Å². The molecule has 2 N–H and O–H groups in total. The second-order valence-electron chi connectivity index (χ2n) is 5.10. The van der Waals surface area contributed by atoms with Crippen molar-refractivity contribution in [1.82, 2.24) is 25.1 Å². The van der Waals surface area contributed by atoms with Crippen molar-refractivity contribution in [2.24, 2.45) is 0 Å². The van der Waals surface area contributed by atoms with Crippen LogP contribution in [-0.2, 0) is 11.2 Å². The second kappa shape index (κ2) is 7.46. The Morgan fingerprint density at radius 2 is 2.10 bits per heavy atom. The number of carbonyl (C=O) groups is 2. The molecule has 0 spiro atoms. The summed E-state index contributed by atoms with van der Waals surface area (Å²) in [5.74, 6) is -0.0487. The lowest BCUT2D eigenvalue weighted by molar-refractivity contribution is -0.122. The van der Waals surface area contributed by atoms with Crippen molar-refractivity contribution < 1.29 is 9.59 Å². The average Bonchev–Trinajstić information content (AvgIpc) is 2.97. The topological polar surface area (TPSA) is 87.2 Å². The van der Waals surface area contributed by atoms with Gasteiger partial charge < -0.3 is 10.6 Å². The first-order valence-electron chi connectivity index (χ1n) is 7.19. The molecule has 0 radical (unpaired) electrons. The number of amides is 2.